The van der Waals surface area contributed by atoms with E-state index in [1.54, 1.807) is 13.1 Å². The Morgan fingerprint density at radius 2 is 2.35 bits per heavy atom. The summed E-state index contributed by atoms with van der Waals surface area (Å²) in [6.07, 6.45) is 1.74. The molecule has 0 aromatic carbocycles. The zero-order valence-corrected chi connectivity index (χ0v) is 12.5. The smallest absolute Gasteiger partial charge is 0.236 e. The molecule has 2 rings (SSSR count). The number of thioether (sulfide) groups is 1. The van der Waals surface area contributed by atoms with E-state index >= 15 is 0 Å². The number of rotatable bonds is 6. The molecule has 108 valence electrons. The first-order valence-corrected chi connectivity index (χ1v) is 7.38. The fourth-order valence-corrected chi connectivity index (χ4v) is 2.30. The number of nitrogens with zero attached hydrogens (tertiary/aromatic N) is 3. The maximum absolute atomic E-state index is 11.8. The largest absolute Gasteiger partial charge is 0.346 e. The molecule has 7 nitrogen and oxygen atoms in total. The molecule has 2 aromatic heterocycles. The van der Waals surface area contributed by atoms with Gasteiger partial charge in [0.25, 0.3) is 0 Å². The molecule has 0 bridgehead atoms. The average Bonchev–Trinajstić information content (AvgIpc) is 2.98. The number of amides is 1. The lowest BCUT2D eigenvalue weighted by Crippen LogP contribution is -2.28. The lowest BCUT2D eigenvalue weighted by atomic mass is 10.3. The van der Waals surface area contributed by atoms with Crippen LogP contribution in [0.15, 0.2) is 10.7 Å². The van der Waals surface area contributed by atoms with Gasteiger partial charge in [-0.15, -0.1) is 11.8 Å². The van der Waals surface area contributed by atoms with E-state index in [2.05, 4.69) is 25.4 Å². The minimum Gasteiger partial charge on any atom is -0.346 e. The van der Waals surface area contributed by atoms with Gasteiger partial charge in [0.05, 0.1) is 17.5 Å². The molecule has 0 fully saturated rings. The Hall–Kier alpha value is -1.83. The summed E-state index contributed by atoms with van der Waals surface area (Å²) in [6.45, 7) is 5.58. The number of aromatic nitrogens is 4. The molecule has 1 amide bonds. The number of nitrogens with one attached hydrogen (secondary N) is 2. The number of carbonyl (C=O) groups excluding carboxylic acids is 1. The number of imidazole rings is 1. The van der Waals surface area contributed by atoms with Gasteiger partial charge in [-0.1, -0.05) is 5.16 Å². The number of carbonyl (C=O) groups is 1. The molecule has 0 radical (unpaired) electrons. The van der Waals surface area contributed by atoms with Crippen molar-refractivity contribution in [1.29, 1.82) is 0 Å². The van der Waals surface area contributed by atoms with Gasteiger partial charge in [-0.2, -0.15) is 4.98 Å². The monoisotopic (exact) mass is 295 g/mol. The van der Waals surface area contributed by atoms with Crippen molar-refractivity contribution in [1.82, 2.24) is 25.4 Å². The molecule has 0 unspecified atom stereocenters. The summed E-state index contributed by atoms with van der Waals surface area (Å²) in [5.41, 5.74) is 0.974. The van der Waals surface area contributed by atoms with Crippen molar-refractivity contribution in [2.45, 2.75) is 32.6 Å². The maximum Gasteiger partial charge on any atom is 0.236 e. The van der Waals surface area contributed by atoms with Gasteiger partial charge in [0.1, 0.15) is 5.82 Å². The van der Waals surface area contributed by atoms with Crippen molar-refractivity contribution >= 4 is 17.7 Å². The summed E-state index contributed by atoms with van der Waals surface area (Å²) < 4.78 is 4.97. The Balaban J connectivity index is 1.72. The topological polar surface area (TPSA) is 96.7 Å². The van der Waals surface area contributed by atoms with Crippen molar-refractivity contribution in [3.8, 4) is 0 Å². The fraction of sp³-hybridized carbons (Fsp3) is 0.500. The summed E-state index contributed by atoms with van der Waals surface area (Å²) in [5.74, 6) is 2.72. The zero-order chi connectivity index (χ0) is 14.5. The molecule has 0 aliphatic rings. The van der Waals surface area contributed by atoms with Crippen molar-refractivity contribution in [2.75, 3.05) is 5.75 Å². The summed E-state index contributed by atoms with van der Waals surface area (Å²) >= 11 is 1.43. The van der Waals surface area contributed by atoms with Gasteiger partial charge >= 0.3 is 0 Å². The number of hydrogen-bond acceptors (Lipinski definition) is 6. The van der Waals surface area contributed by atoms with Crippen LogP contribution < -0.4 is 5.32 Å². The highest BCUT2D eigenvalue weighted by atomic mass is 32.2. The third-order valence-electron chi connectivity index (χ3n) is 2.54. The van der Waals surface area contributed by atoms with E-state index in [0.29, 0.717) is 23.2 Å². The molecule has 0 saturated carbocycles. The molecule has 0 spiro atoms. The van der Waals surface area contributed by atoms with E-state index < -0.39 is 0 Å². The molecule has 2 N–H and O–H groups in total. The van der Waals surface area contributed by atoms with Gasteiger partial charge in [-0.3, -0.25) is 4.79 Å². The molecule has 20 heavy (non-hydrogen) atoms. The third-order valence-corrected chi connectivity index (χ3v) is 3.46. The van der Waals surface area contributed by atoms with Gasteiger partial charge in [-0.05, 0) is 20.8 Å². The highest BCUT2D eigenvalue weighted by Crippen LogP contribution is 2.11. The van der Waals surface area contributed by atoms with Crippen LogP contribution in [-0.4, -0.2) is 31.8 Å². The van der Waals surface area contributed by atoms with Crippen LogP contribution in [0, 0.1) is 13.8 Å². The SMILES string of the molecule is Cc1noc(CSCC(=O)N[C@H](C)c2ncc(C)[nH]2)n1. The van der Waals surface area contributed by atoms with E-state index in [1.807, 2.05) is 13.8 Å². The fourth-order valence-electron chi connectivity index (χ4n) is 1.63. The Morgan fingerprint density at radius 3 is 2.95 bits per heavy atom. The maximum atomic E-state index is 11.8. The van der Waals surface area contributed by atoms with Crippen LogP contribution in [0.2, 0.25) is 0 Å². The van der Waals surface area contributed by atoms with Crippen LogP contribution in [-0.2, 0) is 10.5 Å². The second-order valence-electron chi connectivity index (χ2n) is 4.47. The van der Waals surface area contributed by atoms with E-state index in [4.69, 9.17) is 4.52 Å². The lowest BCUT2D eigenvalue weighted by Gasteiger charge is -2.10. The van der Waals surface area contributed by atoms with Crippen molar-refractivity contribution in [3.05, 3.63) is 29.4 Å². The molecular formula is C12H17N5O2S. The van der Waals surface area contributed by atoms with Crippen LogP contribution in [0.3, 0.4) is 0 Å². The quantitative estimate of drug-likeness (QED) is 0.838. The van der Waals surface area contributed by atoms with E-state index in [9.17, 15) is 4.79 Å². The van der Waals surface area contributed by atoms with Crippen LogP contribution >= 0.6 is 11.8 Å². The molecule has 0 aliphatic carbocycles. The molecule has 2 heterocycles. The summed E-state index contributed by atoms with van der Waals surface area (Å²) in [6, 6.07) is -0.137. The second-order valence-corrected chi connectivity index (χ2v) is 5.45. The second kappa shape index (κ2) is 6.56. The predicted octanol–water partition coefficient (Wildman–Crippen LogP) is 1.52. The van der Waals surface area contributed by atoms with Crippen LogP contribution in [0.4, 0.5) is 0 Å². The van der Waals surface area contributed by atoms with E-state index in [1.165, 1.54) is 11.8 Å². The minimum atomic E-state index is -0.137. The molecule has 0 saturated heterocycles. The first kappa shape index (κ1) is 14.6. The van der Waals surface area contributed by atoms with Crippen LogP contribution in [0.1, 0.15) is 36.2 Å². The molecular weight excluding hydrogens is 278 g/mol. The van der Waals surface area contributed by atoms with Gasteiger partial charge in [0, 0.05) is 11.9 Å². The summed E-state index contributed by atoms with van der Waals surface area (Å²) in [4.78, 5) is 23.2. The Kier molecular flexibility index (Phi) is 4.78. The van der Waals surface area contributed by atoms with Gasteiger partial charge < -0.3 is 14.8 Å². The van der Waals surface area contributed by atoms with Gasteiger partial charge in [0.2, 0.25) is 11.8 Å². The average molecular weight is 295 g/mol. The normalized spacial score (nSPS) is 12.3. The van der Waals surface area contributed by atoms with Crippen molar-refractivity contribution < 1.29 is 9.32 Å². The van der Waals surface area contributed by atoms with Gasteiger partial charge in [0.15, 0.2) is 5.82 Å². The summed E-state index contributed by atoms with van der Waals surface area (Å²) in [7, 11) is 0. The van der Waals surface area contributed by atoms with Crippen LogP contribution in [0.5, 0.6) is 0 Å². The predicted molar refractivity (Wildman–Crippen MR) is 75.1 cm³/mol. The van der Waals surface area contributed by atoms with Crippen LogP contribution in [0.25, 0.3) is 0 Å². The van der Waals surface area contributed by atoms with Gasteiger partial charge in [-0.25, -0.2) is 4.98 Å². The standard InChI is InChI=1S/C12H17N5O2S/c1-7-4-13-12(14-7)8(2)15-10(18)5-20-6-11-16-9(3)17-19-11/h4,8H,5-6H2,1-3H3,(H,13,14)(H,15,18)/t8-/m1/s1. The lowest BCUT2D eigenvalue weighted by molar-refractivity contribution is -0.119. The zero-order valence-electron chi connectivity index (χ0n) is 11.6. The number of hydrogen-bond donors (Lipinski definition) is 2. The molecule has 2 aromatic rings. The number of aryl methyl sites for hydroxylation is 2. The minimum absolute atomic E-state index is 0.0483. The Morgan fingerprint density at radius 1 is 1.55 bits per heavy atom. The first-order chi connectivity index (χ1) is 9.54. The summed E-state index contributed by atoms with van der Waals surface area (Å²) in [5, 5.41) is 6.57. The van der Waals surface area contributed by atoms with Crippen molar-refractivity contribution in [3.63, 3.8) is 0 Å². The van der Waals surface area contributed by atoms with E-state index in [-0.39, 0.29) is 11.9 Å². The van der Waals surface area contributed by atoms with Crippen molar-refractivity contribution in [2.24, 2.45) is 0 Å². The molecule has 1 atom stereocenters. The Bertz CT molecular complexity index is 580. The van der Waals surface area contributed by atoms with E-state index in [0.717, 1.165) is 11.5 Å². The third kappa shape index (κ3) is 4.09. The highest BCUT2D eigenvalue weighted by Gasteiger charge is 2.12. The number of aromatic amines is 1. The first-order valence-electron chi connectivity index (χ1n) is 6.22. The highest BCUT2D eigenvalue weighted by molar-refractivity contribution is 7.99. The number of H-pyrrole nitrogens is 1. The molecule has 8 heteroatoms. The Labute approximate surface area is 120 Å². The molecule has 0 aliphatic heterocycles.